The van der Waals surface area contributed by atoms with Gasteiger partial charge in [0.25, 0.3) is 0 Å². The number of hydrogen-bond acceptors (Lipinski definition) is 7. The zero-order valence-corrected chi connectivity index (χ0v) is 22.2. The first-order valence-corrected chi connectivity index (χ1v) is 12.7. The molecule has 1 aliphatic heterocycles. The van der Waals surface area contributed by atoms with Crippen LogP contribution in [-0.2, 0) is 14.3 Å². The van der Waals surface area contributed by atoms with Gasteiger partial charge >= 0.3 is 5.97 Å². The standard InChI is InChI=1S/C30H35NO6/c1-6-7-14-37-30(33)27-18(2)31-22-15-20(19-12-13-25(35-4)26(17-19)36-5)16-23(32)29(22)28(27)21-10-8-9-11-24(21)34-3/h8-13,17,20,28,31H,6-7,14-16H2,1-5H3/t20-,28+/m1/s1. The number of methoxy groups -OCH3 is 3. The Bertz CT molecular complexity index is 1240. The molecule has 0 spiro atoms. The predicted molar refractivity (Wildman–Crippen MR) is 141 cm³/mol. The first kappa shape index (κ1) is 26.3. The summed E-state index contributed by atoms with van der Waals surface area (Å²) in [6.45, 7) is 4.25. The number of hydrogen-bond donors (Lipinski definition) is 1. The van der Waals surface area contributed by atoms with E-state index in [-0.39, 0.29) is 11.7 Å². The van der Waals surface area contributed by atoms with Crippen LogP contribution < -0.4 is 19.5 Å². The maximum absolute atomic E-state index is 13.8. The number of para-hydroxylation sites is 1. The zero-order chi connectivity index (χ0) is 26.5. The van der Waals surface area contributed by atoms with Crippen LogP contribution in [0.15, 0.2) is 65.0 Å². The van der Waals surface area contributed by atoms with Crippen molar-refractivity contribution in [2.24, 2.45) is 0 Å². The predicted octanol–water partition coefficient (Wildman–Crippen LogP) is 5.42. The number of ketones is 1. The van der Waals surface area contributed by atoms with Crippen LogP contribution in [0.4, 0.5) is 0 Å². The number of esters is 1. The van der Waals surface area contributed by atoms with E-state index in [4.69, 9.17) is 18.9 Å². The molecule has 1 aliphatic carbocycles. The van der Waals surface area contributed by atoms with Gasteiger partial charge in [-0.15, -0.1) is 0 Å². The third-order valence-corrected chi connectivity index (χ3v) is 7.11. The molecule has 0 unspecified atom stereocenters. The van der Waals surface area contributed by atoms with Gasteiger partial charge in [-0.25, -0.2) is 4.79 Å². The second-order valence-corrected chi connectivity index (χ2v) is 9.36. The van der Waals surface area contributed by atoms with Gasteiger partial charge < -0.3 is 24.3 Å². The highest BCUT2D eigenvalue weighted by Crippen LogP contribution is 2.48. The monoisotopic (exact) mass is 505 g/mol. The molecule has 0 fully saturated rings. The van der Waals surface area contributed by atoms with E-state index in [0.717, 1.165) is 29.7 Å². The van der Waals surface area contributed by atoms with E-state index in [0.29, 0.717) is 53.5 Å². The van der Waals surface area contributed by atoms with Crippen LogP contribution in [0.2, 0.25) is 0 Å². The normalized spacial score (nSPS) is 19.2. The lowest BCUT2D eigenvalue weighted by Crippen LogP contribution is -2.36. The van der Waals surface area contributed by atoms with E-state index in [2.05, 4.69) is 5.32 Å². The Morgan fingerprint density at radius 3 is 2.41 bits per heavy atom. The molecule has 2 aromatic carbocycles. The zero-order valence-electron chi connectivity index (χ0n) is 22.2. The highest BCUT2D eigenvalue weighted by atomic mass is 16.5. The van der Waals surface area contributed by atoms with E-state index in [9.17, 15) is 9.59 Å². The average Bonchev–Trinajstić information content (AvgIpc) is 2.91. The second kappa shape index (κ2) is 11.5. The molecular weight excluding hydrogens is 470 g/mol. The lowest BCUT2D eigenvalue weighted by Gasteiger charge is -2.37. The van der Waals surface area contributed by atoms with E-state index >= 15 is 0 Å². The van der Waals surface area contributed by atoms with Crippen LogP contribution in [-0.4, -0.2) is 39.7 Å². The summed E-state index contributed by atoms with van der Waals surface area (Å²) in [4.78, 5) is 27.2. The first-order chi connectivity index (χ1) is 17.9. The summed E-state index contributed by atoms with van der Waals surface area (Å²) in [5.41, 5.74) is 4.36. The van der Waals surface area contributed by atoms with Crippen molar-refractivity contribution in [2.75, 3.05) is 27.9 Å². The number of Topliss-reactive ketones (excluding diaryl/α,β-unsaturated/α-hetero) is 1. The summed E-state index contributed by atoms with van der Waals surface area (Å²) in [6.07, 6.45) is 2.64. The fourth-order valence-corrected chi connectivity index (χ4v) is 5.25. The van der Waals surface area contributed by atoms with Gasteiger partial charge in [0.1, 0.15) is 5.75 Å². The van der Waals surface area contributed by atoms with Gasteiger partial charge in [0, 0.05) is 29.0 Å². The summed E-state index contributed by atoms with van der Waals surface area (Å²) in [6, 6.07) is 13.3. The summed E-state index contributed by atoms with van der Waals surface area (Å²) < 4.78 is 22.2. The van der Waals surface area contributed by atoms with Crippen molar-refractivity contribution in [3.63, 3.8) is 0 Å². The second-order valence-electron chi connectivity index (χ2n) is 9.36. The van der Waals surface area contributed by atoms with Crippen LogP contribution in [0.1, 0.15) is 62.5 Å². The minimum Gasteiger partial charge on any atom is -0.496 e. The van der Waals surface area contributed by atoms with Crippen molar-refractivity contribution in [1.82, 2.24) is 5.32 Å². The van der Waals surface area contributed by atoms with Crippen LogP contribution in [0, 0.1) is 0 Å². The molecule has 0 radical (unpaired) electrons. The highest BCUT2D eigenvalue weighted by Gasteiger charge is 2.42. The van der Waals surface area contributed by atoms with Crippen LogP contribution >= 0.6 is 0 Å². The Kier molecular flexibility index (Phi) is 8.21. The maximum Gasteiger partial charge on any atom is 0.336 e. The number of carbonyl (C=O) groups excluding carboxylic acids is 2. The molecule has 196 valence electrons. The molecule has 0 saturated heterocycles. The van der Waals surface area contributed by atoms with Crippen LogP contribution in [0.3, 0.4) is 0 Å². The topological polar surface area (TPSA) is 83.1 Å². The molecule has 2 atom stereocenters. The fourth-order valence-electron chi connectivity index (χ4n) is 5.25. The summed E-state index contributed by atoms with van der Waals surface area (Å²) in [7, 11) is 4.80. The van der Waals surface area contributed by atoms with E-state index in [1.165, 1.54) is 0 Å². The Morgan fingerprint density at radius 1 is 0.973 bits per heavy atom. The van der Waals surface area contributed by atoms with Gasteiger partial charge in [-0.1, -0.05) is 37.6 Å². The minimum absolute atomic E-state index is 0.00389. The number of allylic oxidation sites excluding steroid dienone is 3. The molecule has 0 bridgehead atoms. The molecule has 2 aromatic rings. The largest absolute Gasteiger partial charge is 0.496 e. The molecular formula is C30H35NO6. The van der Waals surface area contributed by atoms with Crippen LogP contribution in [0.5, 0.6) is 17.2 Å². The number of nitrogens with one attached hydrogen (secondary N) is 1. The summed E-state index contributed by atoms with van der Waals surface area (Å²) >= 11 is 0. The first-order valence-electron chi connectivity index (χ1n) is 12.7. The van der Waals surface area contributed by atoms with Crippen molar-refractivity contribution >= 4 is 11.8 Å². The third kappa shape index (κ3) is 5.22. The molecule has 7 heteroatoms. The number of unbranched alkanes of at least 4 members (excludes halogenated alkanes) is 1. The summed E-state index contributed by atoms with van der Waals surface area (Å²) in [5.74, 6) is 0.881. The van der Waals surface area contributed by atoms with E-state index in [1.54, 1.807) is 21.3 Å². The molecule has 0 amide bonds. The Hall–Kier alpha value is -3.74. The van der Waals surface area contributed by atoms with E-state index < -0.39 is 11.9 Å². The van der Waals surface area contributed by atoms with Crippen molar-refractivity contribution in [3.8, 4) is 17.2 Å². The molecule has 1 heterocycles. The molecule has 4 rings (SSSR count). The number of carbonyl (C=O) groups is 2. The number of ether oxygens (including phenoxy) is 4. The Morgan fingerprint density at radius 2 is 1.70 bits per heavy atom. The lowest BCUT2D eigenvalue weighted by molar-refractivity contribution is -0.139. The molecule has 37 heavy (non-hydrogen) atoms. The molecule has 7 nitrogen and oxygen atoms in total. The van der Waals surface area contributed by atoms with Gasteiger partial charge in [-0.05, 0) is 49.4 Å². The maximum atomic E-state index is 13.8. The van der Waals surface area contributed by atoms with Gasteiger partial charge in [-0.3, -0.25) is 4.79 Å². The van der Waals surface area contributed by atoms with Gasteiger partial charge in [0.2, 0.25) is 0 Å². The molecule has 0 aromatic heterocycles. The Balaban J connectivity index is 1.77. The number of rotatable bonds is 9. The SMILES string of the molecule is CCCCOC(=O)C1=C(C)NC2=C(C(=O)C[C@H](c3ccc(OC)c(OC)c3)C2)[C@H]1c1ccccc1OC. The Labute approximate surface area is 218 Å². The van der Waals surface area contributed by atoms with Crippen molar-refractivity contribution in [2.45, 2.75) is 51.4 Å². The molecule has 0 saturated carbocycles. The molecule has 1 N–H and O–H groups in total. The average molecular weight is 506 g/mol. The highest BCUT2D eigenvalue weighted by molar-refractivity contribution is 6.04. The van der Waals surface area contributed by atoms with E-state index in [1.807, 2.05) is 56.3 Å². The lowest BCUT2D eigenvalue weighted by atomic mass is 9.71. The van der Waals surface area contributed by atoms with Gasteiger partial charge in [0.15, 0.2) is 17.3 Å². The van der Waals surface area contributed by atoms with Gasteiger partial charge in [0.05, 0.1) is 39.4 Å². The van der Waals surface area contributed by atoms with Crippen molar-refractivity contribution < 1.29 is 28.5 Å². The third-order valence-electron chi connectivity index (χ3n) is 7.11. The quantitative estimate of drug-likeness (QED) is 0.360. The smallest absolute Gasteiger partial charge is 0.336 e. The van der Waals surface area contributed by atoms with Crippen LogP contribution in [0.25, 0.3) is 0 Å². The van der Waals surface area contributed by atoms with Crippen molar-refractivity contribution in [1.29, 1.82) is 0 Å². The number of dihydropyridines is 1. The number of benzene rings is 2. The van der Waals surface area contributed by atoms with Crippen molar-refractivity contribution in [3.05, 3.63) is 76.1 Å². The molecule has 2 aliphatic rings. The summed E-state index contributed by atoms with van der Waals surface area (Å²) in [5, 5.41) is 3.40. The minimum atomic E-state index is -0.569. The van der Waals surface area contributed by atoms with Gasteiger partial charge in [-0.2, -0.15) is 0 Å². The fraction of sp³-hybridized carbons (Fsp3) is 0.400.